The Morgan fingerprint density at radius 3 is 0.737 bits per heavy atom. The lowest BCUT2D eigenvalue weighted by atomic mass is 9.76. The van der Waals surface area contributed by atoms with Crippen molar-refractivity contribution in [1.82, 2.24) is 0 Å². The van der Waals surface area contributed by atoms with Crippen molar-refractivity contribution in [3.8, 4) is 0 Å². The summed E-state index contributed by atoms with van der Waals surface area (Å²) in [5.74, 6) is 0. The fourth-order valence-electron chi connectivity index (χ4n) is 5.25. The van der Waals surface area contributed by atoms with Crippen LogP contribution in [0, 0.1) is 5.41 Å². The van der Waals surface area contributed by atoms with E-state index in [9.17, 15) is 0 Å². The fourth-order valence-corrected chi connectivity index (χ4v) is 10.6. The topological polar surface area (TPSA) is 83.1 Å². The Morgan fingerprint density at radius 1 is 0.342 bits per heavy atom. The molecule has 38 heavy (non-hydrogen) atoms. The van der Waals surface area contributed by atoms with Crippen LogP contribution in [0.2, 0.25) is 18.1 Å². The highest BCUT2D eigenvalue weighted by molar-refractivity contribution is 6.61. The SMILES string of the molecule is CO[Si](CCCCCC(C)(CCCCC[Si](OC)(OC)OC)CCCCC[Si](OC)(OC)OC)(OC)OC. The summed E-state index contributed by atoms with van der Waals surface area (Å²) in [7, 11) is 7.75. The van der Waals surface area contributed by atoms with E-state index in [1.807, 2.05) is 0 Å². The average Bonchev–Trinajstić information content (AvgIpc) is 2.96. The Kier molecular flexibility index (Phi) is 21.2. The summed E-state index contributed by atoms with van der Waals surface area (Å²) in [5.41, 5.74) is 0.328. The second-order valence-electron chi connectivity index (χ2n) is 10.4. The molecule has 9 nitrogen and oxygen atoms in total. The Balaban J connectivity index is 4.80. The van der Waals surface area contributed by atoms with E-state index in [2.05, 4.69) is 6.92 Å². The lowest BCUT2D eigenvalue weighted by Crippen LogP contribution is -2.42. The molecule has 0 unspecified atom stereocenters. The van der Waals surface area contributed by atoms with Gasteiger partial charge in [-0.3, -0.25) is 0 Å². The number of hydrogen-bond acceptors (Lipinski definition) is 9. The molecule has 0 bridgehead atoms. The van der Waals surface area contributed by atoms with Crippen molar-refractivity contribution in [3.05, 3.63) is 0 Å². The third-order valence-corrected chi connectivity index (χ3v) is 16.6. The monoisotopic (exact) mass is 600 g/mol. The molecule has 0 saturated heterocycles. The Hall–Kier alpha value is 0.291. The van der Waals surface area contributed by atoms with Crippen molar-refractivity contribution >= 4 is 26.4 Å². The molecular weight excluding hydrogens is 541 g/mol. The molecule has 0 fully saturated rings. The Bertz CT molecular complexity index is 461. The third-order valence-electron chi connectivity index (χ3n) is 8.09. The summed E-state index contributed by atoms with van der Waals surface area (Å²) in [4.78, 5) is 0. The van der Waals surface area contributed by atoms with Crippen LogP contribution in [0.4, 0.5) is 0 Å². The van der Waals surface area contributed by atoms with Gasteiger partial charge in [0.2, 0.25) is 0 Å². The number of hydrogen-bond donors (Lipinski definition) is 0. The first kappa shape index (κ1) is 38.3. The first-order valence-corrected chi connectivity index (χ1v) is 19.9. The van der Waals surface area contributed by atoms with Gasteiger partial charge in [0.25, 0.3) is 0 Å². The first-order chi connectivity index (χ1) is 18.2. The molecule has 0 aromatic rings. The molecule has 0 aliphatic carbocycles. The first-order valence-electron chi connectivity index (χ1n) is 14.1. The third kappa shape index (κ3) is 13.8. The molecule has 0 rings (SSSR count). The van der Waals surface area contributed by atoms with Crippen molar-refractivity contribution in [2.45, 2.75) is 102 Å². The van der Waals surface area contributed by atoms with E-state index in [0.717, 1.165) is 56.7 Å². The van der Waals surface area contributed by atoms with E-state index in [4.69, 9.17) is 39.8 Å². The molecule has 0 aliphatic rings. The lowest BCUT2D eigenvalue weighted by molar-refractivity contribution is 0.122. The van der Waals surface area contributed by atoms with Crippen LogP contribution in [0.3, 0.4) is 0 Å². The van der Waals surface area contributed by atoms with Crippen LogP contribution in [0.5, 0.6) is 0 Å². The molecule has 0 spiro atoms. The van der Waals surface area contributed by atoms with Gasteiger partial charge in [-0.15, -0.1) is 0 Å². The summed E-state index contributed by atoms with van der Waals surface area (Å²) < 4.78 is 50.2. The molecule has 0 heterocycles. The van der Waals surface area contributed by atoms with Crippen LogP contribution >= 0.6 is 0 Å². The van der Waals surface area contributed by atoms with Gasteiger partial charge in [-0.2, -0.15) is 0 Å². The highest BCUT2D eigenvalue weighted by Crippen LogP contribution is 2.37. The molecule has 230 valence electrons. The molecule has 0 aromatic heterocycles. The molecule has 0 radical (unpaired) electrons. The van der Waals surface area contributed by atoms with Crippen molar-refractivity contribution in [1.29, 1.82) is 0 Å². The quantitative estimate of drug-likeness (QED) is 0.0796. The summed E-state index contributed by atoms with van der Waals surface area (Å²) >= 11 is 0. The van der Waals surface area contributed by atoms with Gasteiger partial charge in [0.05, 0.1) is 0 Å². The van der Waals surface area contributed by atoms with E-state index in [0.29, 0.717) is 5.41 Å². The minimum Gasteiger partial charge on any atom is -0.377 e. The second kappa shape index (κ2) is 21.1. The molecule has 0 saturated carbocycles. The molecule has 12 heteroatoms. The minimum absolute atomic E-state index is 0.328. The van der Waals surface area contributed by atoms with Gasteiger partial charge in [-0.05, 0) is 43.9 Å². The van der Waals surface area contributed by atoms with Crippen LogP contribution in [0.25, 0.3) is 0 Å². The largest absolute Gasteiger partial charge is 0.500 e. The highest BCUT2D eigenvalue weighted by Gasteiger charge is 2.38. The second-order valence-corrected chi connectivity index (χ2v) is 19.7. The van der Waals surface area contributed by atoms with Crippen molar-refractivity contribution in [2.24, 2.45) is 5.41 Å². The molecule has 0 amide bonds. The average molecular weight is 601 g/mol. The van der Waals surface area contributed by atoms with Gasteiger partial charge >= 0.3 is 26.4 Å². The van der Waals surface area contributed by atoms with E-state index in [-0.39, 0.29) is 0 Å². The lowest BCUT2D eigenvalue weighted by Gasteiger charge is -2.31. The maximum absolute atomic E-state index is 5.58. The summed E-state index contributed by atoms with van der Waals surface area (Å²) in [6, 6.07) is 2.59. The van der Waals surface area contributed by atoms with E-state index in [1.165, 1.54) is 38.5 Å². The normalized spacial score (nSPS) is 13.4. The fraction of sp³-hybridized carbons (Fsp3) is 1.00. The van der Waals surface area contributed by atoms with E-state index >= 15 is 0 Å². The van der Waals surface area contributed by atoms with Gasteiger partial charge in [0.1, 0.15) is 0 Å². The molecular formula is C26H60O9Si3. The van der Waals surface area contributed by atoms with Crippen molar-refractivity contribution < 1.29 is 39.8 Å². The smallest absolute Gasteiger partial charge is 0.377 e. The van der Waals surface area contributed by atoms with Crippen LogP contribution in [0.1, 0.15) is 84.0 Å². The van der Waals surface area contributed by atoms with Crippen molar-refractivity contribution in [2.75, 3.05) is 64.0 Å². The predicted molar refractivity (Wildman–Crippen MR) is 158 cm³/mol. The zero-order chi connectivity index (χ0) is 29.0. The maximum Gasteiger partial charge on any atom is 0.500 e. The highest BCUT2D eigenvalue weighted by atomic mass is 28.4. The zero-order valence-corrected chi connectivity index (χ0v) is 29.3. The molecule has 0 aliphatic heterocycles. The van der Waals surface area contributed by atoms with E-state index in [1.54, 1.807) is 64.0 Å². The van der Waals surface area contributed by atoms with Crippen LogP contribution < -0.4 is 0 Å². The van der Waals surface area contributed by atoms with Gasteiger partial charge in [0.15, 0.2) is 0 Å². The van der Waals surface area contributed by atoms with Crippen LogP contribution in [-0.2, 0) is 39.8 Å². The van der Waals surface area contributed by atoms with Gasteiger partial charge in [0, 0.05) is 82.1 Å². The van der Waals surface area contributed by atoms with Gasteiger partial charge in [-0.1, -0.05) is 45.4 Å². The minimum atomic E-state index is -2.48. The Morgan fingerprint density at radius 2 is 0.553 bits per heavy atom. The molecule has 0 aromatic carbocycles. The maximum atomic E-state index is 5.58. The number of unbranched alkanes of at least 4 members (excludes halogenated alkanes) is 6. The van der Waals surface area contributed by atoms with Crippen LogP contribution in [0.15, 0.2) is 0 Å². The van der Waals surface area contributed by atoms with Gasteiger partial charge in [-0.25, -0.2) is 0 Å². The number of rotatable bonds is 27. The molecule has 0 N–H and O–H groups in total. The van der Waals surface area contributed by atoms with Gasteiger partial charge < -0.3 is 39.8 Å². The summed E-state index contributed by atoms with van der Waals surface area (Å²) in [5, 5.41) is 0. The zero-order valence-electron chi connectivity index (χ0n) is 26.3. The summed E-state index contributed by atoms with van der Waals surface area (Å²) in [6.45, 7) is 2.47. The molecule has 0 atom stereocenters. The Labute approximate surface area is 237 Å². The summed E-state index contributed by atoms with van der Waals surface area (Å²) in [6.07, 6.45) is 14.0. The van der Waals surface area contributed by atoms with Crippen molar-refractivity contribution in [3.63, 3.8) is 0 Å². The predicted octanol–water partition coefficient (Wildman–Crippen LogP) is 6.31. The van der Waals surface area contributed by atoms with Crippen LogP contribution in [-0.4, -0.2) is 90.4 Å². The standard InChI is InChI=1S/C26H60O9Si3/c1-26(20-14-11-17-23-36(27-2,28-3)29-4,21-15-12-18-24-37(30-5,31-6)32-7)22-16-13-19-25-38(33-8,34-9)35-10/h11-25H2,1-10H3. The van der Waals surface area contributed by atoms with E-state index < -0.39 is 26.4 Å².